The van der Waals surface area contributed by atoms with Gasteiger partial charge in [0.1, 0.15) is 6.54 Å². The summed E-state index contributed by atoms with van der Waals surface area (Å²) in [5.41, 5.74) is 1.65. The lowest BCUT2D eigenvalue weighted by molar-refractivity contribution is 0.174. The third-order valence-electron chi connectivity index (χ3n) is 3.93. The molecular weight excluding hydrogens is 416 g/mol. The summed E-state index contributed by atoms with van der Waals surface area (Å²) in [6.07, 6.45) is 0. The van der Waals surface area contributed by atoms with E-state index in [0.717, 1.165) is 15.6 Å². The molecular formula is C17H11BrN6O3. The molecule has 1 aliphatic heterocycles. The van der Waals surface area contributed by atoms with Gasteiger partial charge in [-0.15, -0.1) is 10.2 Å². The van der Waals surface area contributed by atoms with Gasteiger partial charge in [-0.25, -0.2) is 0 Å². The maximum Gasteiger partial charge on any atom is 0.250 e. The number of nitrogens with zero attached hydrogens (tertiary/aromatic N) is 6. The van der Waals surface area contributed by atoms with Crippen LogP contribution in [0.15, 0.2) is 51.5 Å². The van der Waals surface area contributed by atoms with Crippen LogP contribution in [-0.2, 0) is 6.54 Å². The number of hydrogen-bond donors (Lipinski definition) is 0. The Labute approximate surface area is 161 Å². The van der Waals surface area contributed by atoms with Gasteiger partial charge < -0.3 is 14.0 Å². The fourth-order valence-electron chi connectivity index (χ4n) is 2.62. The predicted octanol–water partition coefficient (Wildman–Crippen LogP) is 2.93. The Balaban J connectivity index is 1.34. The van der Waals surface area contributed by atoms with Gasteiger partial charge in [-0.2, -0.15) is 9.78 Å². The van der Waals surface area contributed by atoms with Crippen molar-refractivity contribution in [1.29, 1.82) is 0 Å². The Morgan fingerprint density at radius 2 is 1.78 bits per heavy atom. The fourth-order valence-corrected chi connectivity index (χ4v) is 2.88. The van der Waals surface area contributed by atoms with Crippen LogP contribution in [0.2, 0.25) is 0 Å². The lowest BCUT2D eigenvalue weighted by atomic mass is 10.2. The topological polar surface area (TPSA) is 101 Å². The van der Waals surface area contributed by atoms with E-state index in [-0.39, 0.29) is 13.3 Å². The van der Waals surface area contributed by atoms with Crippen LogP contribution in [0.25, 0.3) is 22.8 Å². The highest BCUT2D eigenvalue weighted by molar-refractivity contribution is 9.10. The fraction of sp³-hybridized carbons (Fsp3) is 0.118. The molecule has 134 valence electrons. The summed E-state index contributed by atoms with van der Waals surface area (Å²) >= 11 is 3.40. The van der Waals surface area contributed by atoms with Crippen molar-refractivity contribution in [2.45, 2.75) is 6.54 Å². The molecule has 9 nitrogen and oxygen atoms in total. The van der Waals surface area contributed by atoms with Crippen LogP contribution in [-0.4, -0.2) is 37.1 Å². The maximum absolute atomic E-state index is 5.37. The normalized spacial score (nSPS) is 12.5. The molecule has 2 aromatic heterocycles. The van der Waals surface area contributed by atoms with Crippen molar-refractivity contribution in [2.75, 3.05) is 6.79 Å². The highest BCUT2D eigenvalue weighted by Crippen LogP contribution is 2.35. The summed E-state index contributed by atoms with van der Waals surface area (Å²) in [4.78, 5) is 5.80. The molecule has 3 heterocycles. The average Bonchev–Trinajstić information content (AvgIpc) is 3.42. The van der Waals surface area contributed by atoms with Crippen molar-refractivity contribution in [3.63, 3.8) is 0 Å². The maximum atomic E-state index is 5.37. The SMILES string of the molecule is Brc1ccc(-c2nnn(Cc3nc(-c4ccc5c(c4)OCO5)no3)n2)cc1. The van der Waals surface area contributed by atoms with Crippen LogP contribution >= 0.6 is 15.9 Å². The minimum Gasteiger partial charge on any atom is -0.454 e. The summed E-state index contributed by atoms with van der Waals surface area (Å²) in [6, 6.07) is 13.2. The van der Waals surface area contributed by atoms with Gasteiger partial charge in [0.2, 0.25) is 18.4 Å². The molecule has 0 saturated heterocycles. The molecule has 4 aromatic rings. The van der Waals surface area contributed by atoms with Gasteiger partial charge in [0.15, 0.2) is 11.5 Å². The largest absolute Gasteiger partial charge is 0.454 e. The number of aromatic nitrogens is 6. The zero-order valence-corrected chi connectivity index (χ0v) is 15.3. The minimum absolute atomic E-state index is 0.217. The number of hydrogen-bond acceptors (Lipinski definition) is 8. The Hall–Kier alpha value is -3.27. The molecule has 0 fully saturated rings. The molecule has 5 rings (SSSR count). The second kappa shape index (κ2) is 6.47. The second-order valence-corrected chi connectivity index (χ2v) is 6.65. The number of halogens is 1. The lowest BCUT2D eigenvalue weighted by Crippen LogP contribution is -2.04. The van der Waals surface area contributed by atoms with Crippen molar-refractivity contribution in [2.24, 2.45) is 0 Å². The molecule has 2 aromatic carbocycles. The van der Waals surface area contributed by atoms with Crippen molar-refractivity contribution in [3.8, 4) is 34.3 Å². The van der Waals surface area contributed by atoms with Crippen LogP contribution in [0.1, 0.15) is 5.89 Å². The summed E-state index contributed by atoms with van der Waals surface area (Å²) in [5, 5.41) is 16.5. The van der Waals surface area contributed by atoms with Crippen LogP contribution in [0, 0.1) is 0 Å². The van der Waals surface area contributed by atoms with E-state index in [4.69, 9.17) is 14.0 Å². The molecule has 0 radical (unpaired) electrons. The zero-order valence-electron chi connectivity index (χ0n) is 13.7. The van der Waals surface area contributed by atoms with Gasteiger partial charge in [-0.3, -0.25) is 0 Å². The number of benzene rings is 2. The van der Waals surface area contributed by atoms with Crippen molar-refractivity contribution >= 4 is 15.9 Å². The standard InChI is InChI=1S/C17H11BrN6O3/c18-12-4-1-10(2-5-12)17-20-23-24(21-17)8-15-19-16(22-27-15)11-3-6-13-14(7-11)26-9-25-13/h1-7H,8-9H2. The Kier molecular flexibility index (Phi) is 3.82. The Morgan fingerprint density at radius 1 is 0.963 bits per heavy atom. The number of rotatable bonds is 4. The van der Waals surface area contributed by atoms with Gasteiger partial charge in [0, 0.05) is 15.6 Å². The summed E-state index contributed by atoms with van der Waals surface area (Å²) in [7, 11) is 0. The lowest BCUT2D eigenvalue weighted by Gasteiger charge is -1.97. The predicted molar refractivity (Wildman–Crippen MR) is 95.9 cm³/mol. The molecule has 0 N–H and O–H groups in total. The summed E-state index contributed by atoms with van der Waals surface area (Å²) < 4.78 is 17.0. The molecule has 27 heavy (non-hydrogen) atoms. The molecule has 0 aliphatic carbocycles. The van der Waals surface area contributed by atoms with Crippen molar-refractivity contribution in [3.05, 3.63) is 52.8 Å². The molecule has 0 atom stereocenters. The monoisotopic (exact) mass is 426 g/mol. The van der Waals surface area contributed by atoms with Gasteiger partial charge in [-0.05, 0) is 47.7 Å². The molecule has 0 unspecified atom stereocenters. The van der Waals surface area contributed by atoms with E-state index in [1.807, 2.05) is 42.5 Å². The molecule has 1 aliphatic rings. The first kappa shape index (κ1) is 15.9. The number of ether oxygens (including phenoxy) is 2. The van der Waals surface area contributed by atoms with E-state index >= 15 is 0 Å². The molecule has 0 spiro atoms. The van der Waals surface area contributed by atoms with Crippen molar-refractivity contribution < 1.29 is 14.0 Å². The quantitative estimate of drug-likeness (QED) is 0.490. The number of fused-ring (bicyclic) bond motifs is 1. The molecule has 0 amide bonds. The van der Waals surface area contributed by atoms with E-state index in [0.29, 0.717) is 29.0 Å². The zero-order chi connectivity index (χ0) is 18.2. The third kappa shape index (κ3) is 3.14. The summed E-state index contributed by atoms with van der Waals surface area (Å²) in [6.45, 7) is 0.441. The second-order valence-electron chi connectivity index (χ2n) is 5.73. The minimum atomic E-state index is 0.217. The van der Waals surface area contributed by atoms with Gasteiger partial charge in [-0.1, -0.05) is 21.1 Å². The molecule has 10 heteroatoms. The van der Waals surface area contributed by atoms with Gasteiger partial charge in [0.25, 0.3) is 5.89 Å². The Morgan fingerprint density at radius 3 is 2.67 bits per heavy atom. The van der Waals surface area contributed by atoms with E-state index < -0.39 is 0 Å². The van der Waals surface area contributed by atoms with E-state index in [9.17, 15) is 0 Å². The first-order valence-corrected chi connectivity index (χ1v) is 8.80. The van der Waals surface area contributed by atoms with Crippen LogP contribution in [0.4, 0.5) is 0 Å². The number of tetrazole rings is 1. The highest BCUT2D eigenvalue weighted by atomic mass is 79.9. The van der Waals surface area contributed by atoms with Crippen LogP contribution in [0.5, 0.6) is 11.5 Å². The van der Waals surface area contributed by atoms with E-state index in [1.54, 1.807) is 0 Å². The van der Waals surface area contributed by atoms with Crippen LogP contribution < -0.4 is 9.47 Å². The highest BCUT2D eigenvalue weighted by Gasteiger charge is 2.17. The first-order valence-electron chi connectivity index (χ1n) is 8.01. The Bertz CT molecular complexity index is 1110. The van der Waals surface area contributed by atoms with Crippen molar-refractivity contribution in [1.82, 2.24) is 30.3 Å². The first-order chi connectivity index (χ1) is 13.2. The third-order valence-corrected chi connectivity index (χ3v) is 4.46. The van der Waals surface area contributed by atoms with Crippen LogP contribution in [0.3, 0.4) is 0 Å². The van der Waals surface area contributed by atoms with Gasteiger partial charge >= 0.3 is 0 Å². The van der Waals surface area contributed by atoms with E-state index in [2.05, 4.69) is 41.5 Å². The molecule has 0 saturated carbocycles. The van der Waals surface area contributed by atoms with Gasteiger partial charge in [0.05, 0.1) is 0 Å². The average molecular weight is 427 g/mol. The summed E-state index contributed by atoms with van der Waals surface area (Å²) in [5.74, 6) is 2.72. The molecule has 0 bridgehead atoms. The smallest absolute Gasteiger partial charge is 0.250 e. The van der Waals surface area contributed by atoms with E-state index in [1.165, 1.54) is 4.80 Å².